The molecule has 1 aromatic heterocycles. The first kappa shape index (κ1) is 21.6. The van der Waals surface area contributed by atoms with E-state index < -0.39 is 50.5 Å². The predicted molar refractivity (Wildman–Crippen MR) is 98.9 cm³/mol. The van der Waals surface area contributed by atoms with Gasteiger partial charge < -0.3 is 24.7 Å². The van der Waals surface area contributed by atoms with Crippen LogP contribution in [0.25, 0.3) is 0 Å². The van der Waals surface area contributed by atoms with Gasteiger partial charge in [-0.1, -0.05) is 6.07 Å². The number of carbonyl (C=O) groups is 1. The Bertz CT molecular complexity index is 1010. The van der Waals surface area contributed by atoms with Gasteiger partial charge in [-0.2, -0.15) is 0 Å². The lowest BCUT2D eigenvalue weighted by Crippen LogP contribution is -2.38. The van der Waals surface area contributed by atoms with Crippen LogP contribution in [0.15, 0.2) is 42.7 Å². The van der Waals surface area contributed by atoms with E-state index in [1.54, 1.807) is 0 Å². The van der Waals surface area contributed by atoms with Gasteiger partial charge in [-0.25, -0.2) is 9.18 Å². The van der Waals surface area contributed by atoms with Crippen molar-refractivity contribution in [2.45, 2.75) is 17.8 Å². The molecule has 0 radical (unpaired) electrons. The van der Waals surface area contributed by atoms with E-state index in [0.717, 1.165) is 12.1 Å². The van der Waals surface area contributed by atoms with Gasteiger partial charge in [0.05, 0.1) is 5.56 Å². The molecule has 0 spiro atoms. The number of carboxylic acid groups (broad SMARTS) is 1. The van der Waals surface area contributed by atoms with E-state index in [9.17, 15) is 28.6 Å². The molecular formula is C16H16FNO9P2. The number of hydrogen-bond acceptors (Lipinski definition) is 8. The first-order valence-electron chi connectivity index (χ1n) is 7.93. The van der Waals surface area contributed by atoms with Crippen LogP contribution >= 0.6 is 14.9 Å². The Hall–Kier alpha value is -2.10. The van der Waals surface area contributed by atoms with Gasteiger partial charge in [0, 0.05) is 24.9 Å². The summed E-state index contributed by atoms with van der Waals surface area (Å²) < 4.78 is 41.1. The number of aromatic nitrogens is 1. The molecule has 0 amide bonds. The summed E-state index contributed by atoms with van der Waals surface area (Å²) in [5, 5.41) is 16.9. The zero-order chi connectivity index (χ0) is 21.4. The molecule has 0 bridgehead atoms. The summed E-state index contributed by atoms with van der Waals surface area (Å²) in [6.45, 7) is 0. The van der Waals surface area contributed by atoms with Crippen molar-refractivity contribution < 1.29 is 47.5 Å². The van der Waals surface area contributed by atoms with Crippen LogP contribution in [0, 0.1) is 5.82 Å². The van der Waals surface area contributed by atoms with Crippen molar-refractivity contribution >= 4 is 27.4 Å². The van der Waals surface area contributed by atoms with Crippen LogP contribution in [0.4, 0.5) is 9.18 Å². The molecule has 1 aliphatic heterocycles. The third kappa shape index (κ3) is 4.12. The van der Waals surface area contributed by atoms with E-state index in [0.29, 0.717) is 11.6 Å². The molecule has 10 nitrogen and oxygen atoms in total. The Morgan fingerprint density at radius 1 is 1.34 bits per heavy atom. The highest BCUT2D eigenvalue weighted by Crippen LogP contribution is 2.79. The number of rotatable bonds is 4. The summed E-state index contributed by atoms with van der Waals surface area (Å²) in [6, 6.07) is 5.59. The summed E-state index contributed by atoms with van der Waals surface area (Å²) in [7, 11) is -9.33. The van der Waals surface area contributed by atoms with Gasteiger partial charge in [-0.05, 0) is 30.1 Å². The van der Waals surface area contributed by atoms with E-state index in [-0.39, 0.29) is 5.56 Å². The second-order valence-electron chi connectivity index (χ2n) is 6.13. The van der Waals surface area contributed by atoms with Gasteiger partial charge >= 0.3 is 13.8 Å². The third-order valence-electron chi connectivity index (χ3n) is 4.11. The second kappa shape index (κ2) is 7.62. The standard InChI is InChI=1S/C16H16FNO9P2/c1-28(22)16(21,8-10-3-2-6-18-9-10)29(23,24)27-14(26-28)12-5-4-11(17)7-13(12)25-15(19)20/h2-7,9,14,21-22H,1,8H2,(H,19,20)(H,23,24). The monoisotopic (exact) mass is 447 g/mol. The fourth-order valence-corrected chi connectivity index (χ4v) is 6.64. The van der Waals surface area contributed by atoms with Crippen molar-refractivity contribution in [1.82, 2.24) is 4.98 Å². The minimum absolute atomic E-state index is 0.298. The minimum atomic E-state index is -5.04. The van der Waals surface area contributed by atoms with E-state index in [4.69, 9.17) is 14.2 Å². The van der Waals surface area contributed by atoms with Crippen molar-refractivity contribution in [2.24, 2.45) is 0 Å². The molecule has 2 aromatic rings. The van der Waals surface area contributed by atoms with Gasteiger partial charge in [-0.15, -0.1) is 0 Å². The van der Waals surface area contributed by atoms with Gasteiger partial charge in [0.2, 0.25) is 11.4 Å². The molecule has 1 saturated heterocycles. The third-order valence-corrected chi connectivity index (χ3v) is 9.17. The number of nitrogens with zero attached hydrogens (tertiary/aromatic N) is 1. The van der Waals surface area contributed by atoms with Crippen molar-refractivity contribution in [3.63, 3.8) is 0 Å². The van der Waals surface area contributed by atoms with Crippen LogP contribution < -0.4 is 4.74 Å². The van der Waals surface area contributed by atoms with Gasteiger partial charge in [0.1, 0.15) is 11.6 Å². The van der Waals surface area contributed by atoms with Crippen LogP contribution in [-0.2, 0) is 20.0 Å². The Kier molecular flexibility index (Phi) is 5.68. The lowest BCUT2D eigenvalue weighted by atomic mass is 10.2. The quantitative estimate of drug-likeness (QED) is 0.312. The molecule has 29 heavy (non-hydrogen) atoms. The molecular weight excluding hydrogens is 431 g/mol. The maximum Gasteiger partial charge on any atom is 0.511 e. The van der Waals surface area contributed by atoms with Crippen molar-refractivity contribution in [3.05, 3.63) is 59.7 Å². The Labute approximate surface area is 163 Å². The molecule has 0 aliphatic carbocycles. The summed E-state index contributed by atoms with van der Waals surface area (Å²) in [4.78, 5) is 35.8. The van der Waals surface area contributed by atoms with E-state index in [1.807, 2.05) is 0 Å². The number of ether oxygens (including phenoxy) is 1. The lowest BCUT2D eigenvalue weighted by Gasteiger charge is -2.45. The smallest absolute Gasteiger partial charge is 0.449 e. The molecule has 156 valence electrons. The Balaban J connectivity index is 2.00. The number of halogens is 1. The molecule has 4 atom stereocenters. The molecule has 0 saturated carbocycles. The van der Waals surface area contributed by atoms with Crippen LogP contribution in [0.2, 0.25) is 0 Å². The summed E-state index contributed by atoms with van der Waals surface area (Å²) in [5.41, 5.74) is 0.00209. The number of benzene rings is 1. The van der Waals surface area contributed by atoms with Crippen molar-refractivity contribution in [2.75, 3.05) is 0 Å². The summed E-state index contributed by atoms with van der Waals surface area (Å²) >= 11 is 0. The SMILES string of the molecule is C=P1(O)OC(c2ccc(F)cc2OC(=O)O)OP(=O)(O)C1(O)Cc1cccnc1. The van der Waals surface area contributed by atoms with Crippen LogP contribution in [-0.4, -0.2) is 42.5 Å². The maximum absolute atomic E-state index is 13.5. The van der Waals surface area contributed by atoms with Crippen molar-refractivity contribution in [1.29, 1.82) is 0 Å². The van der Waals surface area contributed by atoms with E-state index >= 15 is 0 Å². The minimum Gasteiger partial charge on any atom is -0.449 e. The molecule has 4 unspecified atom stereocenters. The number of aliphatic hydroxyl groups is 1. The Morgan fingerprint density at radius 2 is 2.07 bits per heavy atom. The highest BCUT2D eigenvalue weighted by Gasteiger charge is 2.62. The fourth-order valence-electron chi connectivity index (χ4n) is 2.67. The average molecular weight is 447 g/mol. The fraction of sp³-hybridized carbons (Fsp3) is 0.188. The van der Waals surface area contributed by atoms with Gasteiger partial charge in [-0.3, -0.25) is 18.6 Å². The average Bonchev–Trinajstić information content (AvgIpc) is 2.60. The first-order valence-corrected chi connectivity index (χ1v) is 11.3. The number of hydrogen-bond donors (Lipinski definition) is 4. The highest BCUT2D eigenvalue weighted by molar-refractivity contribution is 7.78. The topological polar surface area (TPSA) is 156 Å². The second-order valence-corrected chi connectivity index (χ2v) is 10.8. The van der Waals surface area contributed by atoms with E-state index in [1.165, 1.54) is 24.5 Å². The van der Waals surface area contributed by atoms with Crippen molar-refractivity contribution in [3.8, 4) is 5.75 Å². The summed E-state index contributed by atoms with van der Waals surface area (Å²) in [6.07, 6.45) is 1.94. The highest BCUT2D eigenvalue weighted by atomic mass is 31.2. The lowest BCUT2D eigenvalue weighted by molar-refractivity contribution is -0.0483. The Morgan fingerprint density at radius 3 is 2.66 bits per heavy atom. The molecule has 1 aromatic carbocycles. The first-order chi connectivity index (χ1) is 13.5. The summed E-state index contributed by atoms with van der Waals surface area (Å²) in [5.74, 6) is -1.44. The predicted octanol–water partition coefficient (Wildman–Crippen LogP) is 2.67. The zero-order valence-corrected chi connectivity index (χ0v) is 16.4. The molecule has 13 heteroatoms. The molecule has 4 N–H and O–H groups in total. The molecule has 1 fully saturated rings. The maximum atomic E-state index is 13.5. The van der Waals surface area contributed by atoms with Crippen LogP contribution in [0.5, 0.6) is 5.75 Å². The number of pyridine rings is 1. The zero-order valence-electron chi connectivity index (χ0n) is 14.6. The molecule has 1 aliphatic rings. The van der Waals surface area contributed by atoms with Crippen LogP contribution in [0.1, 0.15) is 17.4 Å². The van der Waals surface area contributed by atoms with Crippen LogP contribution in [0.3, 0.4) is 0 Å². The normalized spacial score (nSPS) is 31.9. The van der Waals surface area contributed by atoms with E-state index in [2.05, 4.69) is 16.0 Å². The van der Waals surface area contributed by atoms with Gasteiger partial charge in [0.25, 0.3) is 0 Å². The largest absolute Gasteiger partial charge is 0.511 e. The molecule has 3 rings (SSSR count). The molecule has 2 heterocycles. The van der Waals surface area contributed by atoms with Gasteiger partial charge in [0.15, 0.2) is 7.34 Å².